The maximum Gasteiger partial charge on any atom is 0.122 e. The Labute approximate surface area is 310 Å². The first-order valence-electron chi connectivity index (χ1n) is 17.3. The van der Waals surface area contributed by atoms with Gasteiger partial charge in [-0.05, 0) is 77.1 Å². The van der Waals surface area contributed by atoms with Crippen molar-refractivity contribution >= 4 is 34.2 Å². The van der Waals surface area contributed by atoms with E-state index in [1.807, 2.05) is 85.8 Å². The Balaban J connectivity index is 1.47. The minimum Gasteiger partial charge on any atom is -0.508 e. The molecule has 262 valence electrons. The third-order valence-corrected chi connectivity index (χ3v) is 10.1. The molecule has 0 saturated carbocycles. The average molecular weight is 799 g/mol. The zero-order valence-corrected chi connectivity index (χ0v) is 31.4. The van der Waals surface area contributed by atoms with E-state index >= 15 is 0 Å². The fraction of sp³-hybridized carbons (Fsp3) is 0.415. The van der Waals surface area contributed by atoms with Crippen LogP contribution >= 0.6 is 34.2 Å². The van der Waals surface area contributed by atoms with Crippen LogP contribution in [0.4, 0.5) is 0 Å². The van der Waals surface area contributed by atoms with Gasteiger partial charge in [-0.25, -0.2) is 0 Å². The topological polar surface area (TPSA) is 66.4 Å². The van der Waals surface area contributed by atoms with E-state index in [1.54, 1.807) is 6.07 Å². The molecule has 1 heterocycles. The van der Waals surface area contributed by atoms with E-state index < -0.39 is 12.2 Å². The predicted molar refractivity (Wildman–Crippen MR) is 204 cm³/mol. The van der Waals surface area contributed by atoms with Crippen LogP contribution in [0.3, 0.4) is 0 Å². The van der Waals surface area contributed by atoms with Gasteiger partial charge in [0.25, 0.3) is 0 Å². The molecule has 0 aliphatic carbocycles. The normalized spacial score (nSPS) is 20.7. The van der Waals surface area contributed by atoms with E-state index in [2.05, 4.69) is 41.6 Å². The van der Waals surface area contributed by atoms with Crippen LogP contribution in [-0.2, 0) is 38.6 Å². The van der Waals surface area contributed by atoms with Crippen LogP contribution in [0.15, 0.2) is 97.1 Å². The van der Waals surface area contributed by atoms with Crippen molar-refractivity contribution < 1.29 is 28.8 Å². The summed E-state index contributed by atoms with van der Waals surface area (Å²) in [5.41, 5.74) is 4.71. The van der Waals surface area contributed by atoms with Crippen LogP contribution < -0.4 is 4.74 Å². The lowest BCUT2D eigenvalue weighted by Crippen LogP contribution is -2.53. The van der Waals surface area contributed by atoms with Gasteiger partial charge in [0, 0.05) is 23.1 Å². The largest absolute Gasteiger partial charge is 0.508 e. The fourth-order valence-corrected chi connectivity index (χ4v) is 7.00. The van der Waals surface area contributed by atoms with Gasteiger partial charge in [-0.3, -0.25) is 0 Å². The Morgan fingerprint density at radius 3 is 2.08 bits per heavy atom. The minimum absolute atomic E-state index is 0.0483. The standard InChI is InChI=1S/C41H48ClIO6/c1-3-46-34-19-17-30(18-20-34)23-33-24-35(37(44)25-36(33)42)40-41(48-27-32-15-9-5-10-16-32)39(47-26-31-13-7-4-8-14-31)29(2)38(49-40)28-45-22-12-6-11-21-43/h4-5,7-10,13-20,24-25,29,38-41,44H,3,6,11-12,21-23,26-28H2,1-2H3/t29-,38-,39+,40+,41-/m1/s1. The number of benzene rings is 4. The van der Waals surface area contributed by atoms with Gasteiger partial charge in [0.05, 0.1) is 38.6 Å². The average Bonchev–Trinajstić information content (AvgIpc) is 3.12. The molecule has 1 aliphatic heterocycles. The molecule has 1 aliphatic rings. The van der Waals surface area contributed by atoms with Gasteiger partial charge in [0.15, 0.2) is 0 Å². The molecule has 49 heavy (non-hydrogen) atoms. The van der Waals surface area contributed by atoms with Gasteiger partial charge < -0.3 is 28.8 Å². The maximum atomic E-state index is 11.5. The molecular formula is C41H48ClIO6. The quantitative estimate of drug-likeness (QED) is 0.0615. The first-order valence-corrected chi connectivity index (χ1v) is 19.2. The van der Waals surface area contributed by atoms with Crippen LogP contribution in [0.2, 0.25) is 5.02 Å². The molecule has 6 nitrogen and oxygen atoms in total. The highest BCUT2D eigenvalue weighted by Gasteiger charge is 2.47. The molecule has 0 aromatic heterocycles. The maximum absolute atomic E-state index is 11.5. The molecule has 8 heteroatoms. The number of aromatic hydroxyl groups is 1. The Bertz CT molecular complexity index is 1540. The van der Waals surface area contributed by atoms with Gasteiger partial charge in [0.1, 0.15) is 23.7 Å². The van der Waals surface area contributed by atoms with Crippen LogP contribution in [0.5, 0.6) is 11.5 Å². The summed E-state index contributed by atoms with van der Waals surface area (Å²) in [5, 5.41) is 12.0. The summed E-state index contributed by atoms with van der Waals surface area (Å²) in [5.74, 6) is 0.841. The lowest BCUT2D eigenvalue weighted by Gasteiger charge is -2.46. The number of phenolic OH excluding ortho intramolecular Hbond substituents is 1. The molecule has 4 aromatic carbocycles. The Hall–Kier alpha value is -2.66. The number of ether oxygens (including phenoxy) is 5. The van der Waals surface area contributed by atoms with Crippen molar-refractivity contribution in [1.29, 1.82) is 0 Å². The number of unbranched alkanes of at least 4 members (excludes halogenated alkanes) is 2. The van der Waals surface area contributed by atoms with Crippen molar-refractivity contribution in [3.8, 4) is 11.5 Å². The third kappa shape index (κ3) is 10.9. The van der Waals surface area contributed by atoms with Crippen LogP contribution in [-0.4, -0.2) is 47.7 Å². The van der Waals surface area contributed by atoms with Crippen LogP contribution in [0, 0.1) is 5.92 Å². The molecule has 4 aromatic rings. The van der Waals surface area contributed by atoms with E-state index in [4.69, 9.17) is 35.3 Å². The molecule has 1 fully saturated rings. The highest BCUT2D eigenvalue weighted by atomic mass is 127. The molecule has 0 unspecified atom stereocenters. The molecule has 0 bridgehead atoms. The SMILES string of the molecule is CCOc1ccc(Cc2cc([C@@H]3O[C@H](COCCCCCI)[C@@H](C)[C@H](OCc4ccccc4)[C@H]3OCc3ccccc3)c(O)cc2Cl)cc1. The van der Waals surface area contributed by atoms with Gasteiger partial charge in [-0.1, -0.05) is 120 Å². The minimum atomic E-state index is -0.635. The molecule has 0 radical (unpaired) electrons. The van der Waals surface area contributed by atoms with E-state index in [0.29, 0.717) is 50.0 Å². The van der Waals surface area contributed by atoms with Crippen LogP contribution in [0.25, 0.3) is 0 Å². The van der Waals surface area contributed by atoms with E-state index in [1.165, 1.54) is 6.42 Å². The van der Waals surface area contributed by atoms with Gasteiger partial charge in [0.2, 0.25) is 0 Å². The van der Waals surface area contributed by atoms with Gasteiger partial charge in [-0.15, -0.1) is 0 Å². The van der Waals surface area contributed by atoms with Crippen LogP contribution in [0.1, 0.15) is 67.0 Å². The number of hydrogen-bond acceptors (Lipinski definition) is 6. The zero-order chi connectivity index (χ0) is 34.4. The second kappa shape index (κ2) is 19.7. The number of phenols is 1. The molecule has 5 atom stereocenters. The van der Waals surface area contributed by atoms with Gasteiger partial charge in [-0.2, -0.15) is 0 Å². The molecule has 0 amide bonds. The second-order valence-electron chi connectivity index (χ2n) is 12.6. The molecular weight excluding hydrogens is 751 g/mol. The summed E-state index contributed by atoms with van der Waals surface area (Å²) in [7, 11) is 0. The van der Waals surface area contributed by atoms with Crippen molar-refractivity contribution in [3.05, 3.63) is 130 Å². The lowest BCUT2D eigenvalue weighted by molar-refractivity contribution is -0.243. The summed E-state index contributed by atoms with van der Waals surface area (Å²) in [6, 6.07) is 31.9. The van der Waals surface area contributed by atoms with E-state index in [-0.39, 0.29) is 23.9 Å². The zero-order valence-electron chi connectivity index (χ0n) is 28.4. The summed E-state index contributed by atoms with van der Waals surface area (Å²) in [4.78, 5) is 0. The lowest BCUT2D eigenvalue weighted by atomic mass is 9.84. The summed E-state index contributed by atoms with van der Waals surface area (Å²) < 4.78 is 33.4. The number of alkyl halides is 1. The highest BCUT2D eigenvalue weighted by molar-refractivity contribution is 14.1. The molecule has 1 saturated heterocycles. The Morgan fingerprint density at radius 2 is 1.45 bits per heavy atom. The molecule has 5 rings (SSSR count). The fourth-order valence-electron chi connectivity index (χ4n) is 6.23. The number of rotatable bonds is 18. The molecule has 1 N–H and O–H groups in total. The van der Waals surface area contributed by atoms with Crippen molar-refractivity contribution in [3.63, 3.8) is 0 Å². The summed E-state index contributed by atoms with van der Waals surface area (Å²) in [6.07, 6.45) is 2.13. The Morgan fingerprint density at radius 1 is 0.796 bits per heavy atom. The summed E-state index contributed by atoms with van der Waals surface area (Å²) in [6.45, 7) is 6.62. The van der Waals surface area contributed by atoms with Gasteiger partial charge >= 0.3 is 0 Å². The summed E-state index contributed by atoms with van der Waals surface area (Å²) >= 11 is 9.18. The van der Waals surface area contributed by atoms with Crippen molar-refractivity contribution in [2.45, 2.75) is 77.2 Å². The molecule has 0 spiro atoms. The van der Waals surface area contributed by atoms with E-state index in [9.17, 15) is 5.11 Å². The Kier molecular flexibility index (Phi) is 15.1. The number of hydrogen-bond donors (Lipinski definition) is 1. The third-order valence-electron chi connectivity index (χ3n) is 8.95. The second-order valence-corrected chi connectivity index (χ2v) is 14.0. The number of halogens is 2. The smallest absolute Gasteiger partial charge is 0.122 e. The van der Waals surface area contributed by atoms with Crippen molar-refractivity contribution in [2.75, 3.05) is 24.2 Å². The first-order chi connectivity index (χ1) is 24.0. The van der Waals surface area contributed by atoms with Crippen molar-refractivity contribution in [2.24, 2.45) is 5.92 Å². The monoisotopic (exact) mass is 798 g/mol. The predicted octanol–water partition coefficient (Wildman–Crippen LogP) is 9.90. The van der Waals surface area contributed by atoms with E-state index in [0.717, 1.165) is 45.3 Å². The highest BCUT2D eigenvalue weighted by Crippen LogP contribution is 2.43. The van der Waals surface area contributed by atoms with Crippen molar-refractivity contribution in [1.82, 2.24) is 0 Å². The first kappa shape index (κ1) is 37.6.